The minimum absolute atomic E-state index is 0.0943. The summed E-state index contributed by atoms with van der Waals surface area (Å²) < 4.78 is 13.3. The highest BCUT2D eigenvalue weighted by molar-refractivity contribution is 9.10. The van der Waals surface area contributed by atoms with Gasteiger partial charge in [0.15, 0.2) is 22.4 Å². The first kappa shape index (κ1) is 24.0. The highest BCUT2D eigenvalue weighted by Gasteiger charge is 2.16. The lowest BCUT2D eigenvalue weighted by Crippen LogP contribution is -2.22. The molecule has 0 atom stereocenters. The predicted molar refractivity (Wildman–Crippen MR) is 139 cm³/mol. The zero-order valence-electron chi connectivity index (χ0n) is 18.8. The Hall–Kier alpha value is -3.10. The van der Waals surface area contributed by atoms with E-state index < -0.39 is 0 Å². The molecule has 0 spiro atoms. The topological polar surface area (TPSA) is 70.4 Å². The van der Waals surface area contributed by atoms with Crippen LogP contribution in [0.5, 0.6) is 11.5 Å². The van der Waals surface area contributed by atoms with Crippen LogP contribution in [-0.4, -0.2) is 35.3 Å². The second kappa shape index (κ2) is 10.9. The van der Waals surface area contributed by atoms with E-state index in [9.17, 15) is 9.59 Å². The summed E-state index contributed by atoms with van der Waals surface area (Å²) >= 11 is 4.84. The minimum Gasteiger partial charge on any atom is -0.493 e. The van der Waals surface area contributed by atoms with Crippen LogP contribution in [-0.2, 0) is 0 Å². The van der Waals surface area contributed by atoms with Crippen LogP contribution in [0.15, 0.2) is 81.2 Å². The minimum atomic E-state index is -0.161. The molecular weight excluding hydrogens is 516 g/mol. The van der Waals surface area contributed by atoms with Crippen molar-refractivity contribution < 1.29 is 14.3 Å². The summed E-state index contributed by atoms with van der Waals surface area (Å²) in [6.45, 7) is 0. The van der Waals surface area contributed by atoms with Gasteiger partial charge < -0.3 is 9.47 Å². The molecule has 6 nitrogen and oxygen atoms in total. The third kappa shape index (κ3) is 5.18. The van der Waals surface area contributed by atoms with Crippen molar-refractivity contribution in [1.29, 1.82) is 0 Å². The standard InChI is InChI=1S/C26H23BrN2O4S/c1-32-23-14-13-19(16-24(23)33-2)29-25(31)20-6-3-4-7-21(20)28-26(29)34-15-5-8-22(30)17-9-11-18(27)12-10-17/h3-4,6-7,9-14,16H,5,8,15H2,1-2H3. The number of hydrogen-bond donors (Lipinski definition) is 0. The Balaban J connectivity index is 1.61. The first-order valence-corrected chi connectivity index (χ1v) is 12.5. The third-order valence-electron chi connectivity index (χ3n) is 5.32. The van der Waals surface area contributed by atoms with Gasteiger partial charge >= 0.3 is 0 Å². The van der Waals surface area contributed by atoms with Crippen molar-refractivity contribution in [2.24, 2.45) is 0 Å². The molecule has 3 aromatic carbocycles. The van der Waals surface area contributed by atoms with E-state index >= 15 is 0 Å². The quantitative estimate of drug-likeness (QED) is 0.114. The van der Waals surface area contributed by atoms with Gasteiger partial charge in [-0.15, -0.1) is 0 Å². The Morgan fingerprint density at radius 1 is 1.00 bits per heavy atom. The molecule has 1 aromatic heterocycles. The predicted octanol–water partition coefficient (Wildman–Crippen LogP) is 5.92. The largest absolute Gasteiger partial charge is 0.493 e. The highest BCUT2D eigenvalue weighted by Crippen LogP contribution is 2.31. The Kier molecular flexibility index (Phi) is 7.70. The van der Waals surface area contributed by atoms with E-state index in [1.807, 2.05) is 42.5 Å². The van der Waals surface area contributed by atoms with Crippen LogP contribution in [0, 0.1) is 0 Å². The number of rotatable bonds is 9. The van der Waals surface area contributed by atoms with E-state index in [0.29, 0.717) is 57.4 Å². The molecule has 0 N–H and O–H groups in total. The average molecular weight is 539 g/mol. The molecule has 1 heterocycles. The van der Waals surface area contributed by atoms with Gasteiger partial charge in [-0.1, -0.05) is 52.0 Å². The van der Waals surface area contributed by atoms with Gasteiger partial charge in [0.25, 0.3) is 5.56 Å². The number of ether oxygens (including phenoxy) is 2. The van der Waals surface area contributed by atoms with Gasteiger partial charge in [-0.25, -0.2) is 4.98 Å². The molecule has 4 aromatic rings. The van der Waals surface area contributed by atoms with Crippen molar-refractivity contribution >= 4 is 44.4 Å². The molecule has 4 rings (SSSR count). The molecule has 0 amide bonds. The van der Waals surface area contributed by atoms with E-state index in [2.05, 4.69) is 15.9 Å². The monoisotopic (exact) mass is 538 g/mol. The van der Waals surface area contributed by atoms with Gasteiger partial charge in [0.2, 0.25) is 0 Å². The van der Waals surface area contributed by atoms with Gasteiger partial charge in [0, 0.05) is 28.3 Å². The molecule has 0 aliphatic rings. The lowest BCUT2D eigenvalue weighted by atomic mass is 10.1. The molecule has 34 heavy (non-hydrogen) atoms. The molecule has 0 radical (unpaired) electrons. The Morgan fingerprint density at radius 2 is 1.74 bits per heavy atom. The van der Waals surface area contributed by atoms with Gasteiger partial charge in [-0.2, -0.15) is 0 Å². The zero-order valence-corrected chi connectivity index (χ0v) is 21.2. The number of fused-ring (bicyclic) bond motifs is 1. The number of methoxy groups -OCH3 is 2. The van der Waals surface area contributed by atoms with E-state index in [-0.39, 0.29) is 11.3 Å². The molecule has 0 saturated carbocycles. The molecule has 0 saturated heterocycles. The number of carbonyl (C=O) groups excluding carboxylic acids is 1. The summed E-state index contributed by atoms with van der Waals surface area (Å²) in [4.78, 5) is 30.7. The van der Waals surface area contributed by atoms with E-state index in [4.69, 9.17) is 14.5 Å². The molecule has 8 heteroatoms. The number of thioether (sulfide) groups is 1. The van der Waals surface area contributed by atoms with Gasteiger partial charge in [-0.3, -0.25) is 14.2 Å². The normalized spacial score (nSPS) is 10.9. The average Bonchev–Trinajstić information content (AvgIpc) is 2.86. The Morgan fingerprint density at radius 3 is 2.47 bits per heavy atom. The van der Waals surface area contributed by atoms with Crippen LogP contribution in [0.2, 0.25) is 0 Å². The number of nitrogens with zero attached hydrogens (tertiary/aromatic N) is 2. The van der Waals surface area contributed by atoms with Crippen LogP contribution in [0.1, 0.15) is 23.2 Å². The maximum atomic E-state index is 13.4. The fourth-order valence-electron chi connectivity index (χ4n) is 3.58. The molecule has 0 aliphatic carbocycles. The van der Waals surface area contributed by atoms with Crippen LogP contribution in [0.4, 0.5) is 0 Å². The first-order chi connectivity index (χ1) is 16.5. The maximum absolute atomic E-state index is 13.4. The van der Waals surface area contributed by atoms with Gasteiger partial charge in [0.05, 0.1) is 30.8 Å². The lowest BCUT2D eigenvalue weighted by molar-refractivity contribution is 0.0982. The van der Waals surface area contributed by atoms with Crippen molar-refractivity contribution in [3.63, 3.8) is 0 Å². The fraction of sp³-hybridized carbons (Fsp3) is 0.192. The van der Waals surface area contributed by atoms with Crippen LogP contribution >= 0.6 is 27.7 Å². The summed E-state index contributed by atoms with van der Waals surface area (Å²) in [7, 11) is 3.12. The summed E-state index contributed by atoms with van der Waals surface area (Å²) in [5.74, 6) is 1.84. The Labute approximate surface area is 210 Å². The van der Waals surface area contributed by atoms with Crippen LogP contribution < -0.4 is 15.0 Å². The number of hydrogen-bond acceptors (Lipinski definition) is 6. The number of para-hydroxylation sites is 1. The number of Topliss-reactive ketones (excluding diaryl/α,β-unsaturated/α-hetero) is 1. The second-order valence-electron chi connectivity index (χ2n) is 7.47. The number of ketones is 1. The van der Waals surface area contributed by atoms with E-state index in [1.165, 1.54) is 11.8 Å². The van der Waals surface area contributed by atoms with Gasteiger partial charge in [-0.05, 0) is 42.8 Å². The van der Waals surface area contributed by atoms with Crippen molar-refractivity contribution in [1.82, 2.24) is 9.55 Å². The Bertz CT molecular complexity index is 1390. The molecule has 0 fully saturated rings. The SMILES string of the molecule is COc1ccc(-n2c(SCCCC(=O)c3ccc(Br)cc3)nc3ccccc3c2=O)cc1OC. The van der Waals surface area contributed by atoms with Crippen LogP contribution in [0.3, 0.4) is 0 Å². The third-order valence-corrected chi connectivity index (χ3v) is 6.87. The van der Waals surface area contributed by atoms with Gasteiger partial charge in [0.1, 0.15) is 0 Å². The molecule has 0 bridgehead atoms. The smallest absolute Gasteiger partial charge is 0.266 e. The second-order valence-corrected chi connectivity index (χ2v) is 9.45. The number of halogens is 1. The first-order valence-electron chi connectivity index (χ1n) is 10.7. The van der Waals surface area contributed by atoms with Crippen molar-refractivity contribution in [3.05, 3.63) is 87.1 Å². The maximum Gasteiger partial charge on any atom is 0.266 e. The van der Waals surface area contributed by atoms with Crippen molar-refractivity contribution in [3.8, 4) is 17.2 Å². The lowest BCUT2D eigenvalue weighted by Gasteiger charge is -2.15. The van der Waals surface area contributed by atoms with Crippen molar-refractivity contribution in [2.45, 2.75) is 18.0 Å². The highest BCUT2D eigenvalue weighted by atomic mass is 79.9. The van der Waals surface area contributed by atoms with Crippen LogP contribution in [0.25, 0.3) is 16.6 Å². The summed E-state index contributed by atoms with van der Waals surface area (Å²) in [6, 6.07) is 20.0. The van der Waals surface area contributed by atoms with E-state index in [1.54, 1.807) is 43.1 Å². The van der Waals surface area contributed by atoms with Crippen molar-refractivity contribution in [2.75, 3.05) is 20.0 Å². The fourth-order valence-corrected chi connectivity index (χ4v) is 4.79. The summed E-state index contributed by atoms with van der Waals surface area (Å²) in [6.07, 6.45) is 1.08. The zero-order chi connectivity index (χ0) is 24.1. The number of benzene rings is 3. The summed E-state index contributed by atoms with van der Waals surface area (Å²) in [5.41, 5.74) is 1.80. The summed E-state index contributed by atoms with van der Waals surface area (Å²) in [5, 5.41) is 1.10. The van der Waals surface area contributed by atoms with E-state index in [0.717, 1.165) is 4.47 Å². The molecule has 0 unspecified atom stereocenters. The number of carbonyl (C=O) groups is 1. The molecule has 0 aliphatic heterocycles. The number of aromatic nitrogens is 2. The molecule has 174 valence electrons. The molecular formula is C26H23BrN2O4S.